The molecule has 0 fully saturated rings. The highest BCUT2D eigenvalue weighted by Crippen LogP contribution is 2.56. The third kappa shape index (κ3) is 5.03. The van der Waals surface area contributed by atoms with E-state index in [9.17, 15) is 0 Å². The van der Waals surface area contributed by atoms with Crippen LogP contribution in [-0.4, -0.2) is 0 Å². The summed E-state index contributed by atoms with van der Waals surface area (Å²) in [6.07, 6.45) is 0. The van der Waals surface area contributed by atoms with Crippen molar-refractivity contribution in [1.29, 1.82) is 0 Å². The standard InChI is InChI=1S/C59H38/c1-4-17-39(18-5-1)42-35-43(37-44(36-42)57-49-26-13-11-20-41(49)38-54-47-25-12-10-19-40(47)31-32-53(54)57)48-33-34-56-58-51(48)28-16-29-52(58)50-27-14-15-30-55(50)59(56,45-21-6-2-7-22-45)46-23-8-3-9-24-46/h1-38H. The van der Waals surface area contributed by atoms with Crippen molar-refractivity contribution in [3.63, 3.8) is 0 Å². The fourth-order valence-corrected chi connectivity index (χ4v) is 10.4. The predicted octanol–water partition coefficient (Wildman–Crippen LogP) is 15.7. The minimum atomic E-state index is -0.508. The van der Waals surface area contributed by atoms with E-state index in [1.807, 2.05) is 0 Å². The molecular weight excluding hydrogens is 709 g/mol. The Bertz CT molecular complexity index is 3370. The quantitative estimate of drug-likeness (QED) is 0.122. The van der Waals surface area contributed by atoms with Gasteiger partial charge in [-0.05, 0) is 134 Å². The lowest BCUT2D eigenvalue weighted by molar-refractivity contribution is 0.750. The summed E-state index contributed by atoms with van der Waals surface area (Å²) in [4.78, 5) is 0. The molecule has 0 N–H and O–H groups in total. The van der Waals surface area contributed by atoms with Crippen molar-refractivity contribution in [3.8, 4) is 44.5 Å². The fourth-order valence-electron chi connectivity index (χ4n) is 10.4. The van der Waals surface area contributed by atoms with Gasteiger partial charge in [-0.25, -0.2) is 0 Å². The van der Waals surface area contributed by atoms with E-state index in [-0.39, 0.29) is 0 Å². The minimum Gasteiger partial charge on any atom is -0.0622 e. The summed E-state index contributed by atoms with van der Waals surface area (Å²) >= 11 is 0. The smallest absolute Gasteiger partial charge is 0.0622 e. The van der Waals surface area contributed by atoms with Gasteiger partial charge in [0.1, 0.15) is 0 Å². The molecule has 0 aliphatic heterocycles. The van der Waals surface area contributed by atoms with E-state index in [0.29, 0.717) is 0 Å². The monoisotopic (exact) mass is 746 g/mol. The molecular formula is C59H38. The second kappa shape index (κ2) is 13.3. The maximum absolute atomic E-state index is 2.45. The van der Waals surface area contributed by atoms with Crippen molar-refractivity contribution in [3.05, 3.63) is 253 Å². The first-order valence-electron chi connectivity index (χ1n) is 20.6. The first-order chi connectivity index (χ1) is 29.3. The van der Waals surface area contributed by atoms with Crippen LogP contribution < -0.4 is 0 Å². The van der Waals surface area contributed by atoms with Crippen LogP contribution in [0, 0.1) is 0 Å². The fraction of sp³-hybridized carbons (Fsp3) is 0.0169. The maximum atomic E-state index is 2.45. The average Bonchev–Trinajstić information content (AvgIpc) is 3.32. The number of fused-ring (bicyclic) bond motifs is 6. The van der Waals surface area contributed by atoms with Crippen LogP contribution in [0.25, 0.3) is 87.6 Å². The second-order valence-corrected chi connectivity index (χ2v) is 15.9. The molecule has 0 amide bonds. The van der Waals surface area contributed by atoms with E-state index in [1.165, 1.54) is 110 Å². The van der Waals surface area contributed by atoms with Crippen LogP contribution in [0.4, 0.5) is 0 Å². The highest BCUT2D eigenvalue weighted by atomic mass is 14.4. The van der Waals surface area contributed by atoms with E-state index in [4.69, 9.17) is 0 Å². The van der Waals surface area contributed by atoms with Gasteiger partial charge in [-0.2, -0.15) is 0 Å². The molecule has 1 aliphatic rings. The lowest BCUT2D eigenvalue weighted by atomic mass is 9.59. The number of rotatable bonds is 5. The molecule has 0 heteroatoms. The summed E-state index contributed by atoms with van der Waals surface area (Å²) in [5.41, 5.74) is 14.5. The molecule has 0 bridgehead atoms. The molecule has 0 spiro atoms. The van der Waals surface area contributed by atoms with Gasteiger partial charge in [0, 0.05) is 0 Å². The van der Waals surface area contributed by atoms with Crippen LogP contribution >= 0.6 is 0 Å². The maximum Gasteiger partial charge on any atom is 0.0713 e. The molecule has 11 aromatic carbocycles. The van der Waals surface area contributed by atoms with Crippen LogP contribution in [0.2, 0.25) is 0 Å². The Morgan fingerprint density at radius 2 is 0.847 bits per heavy atom. The predicted molar refractivity (Wildman–Crippen MR) is 250 cm³/mol. The van der Waals surface area contributed by atoms with Crippen LogP contribution in [0.15, 0.2) is 231 Å². The zero-order valence-corrected chi connectivity index (χ0v) is 32.4. The van der Waals surface area contributed by atoms with Gasteiger partial charge in [-0.15, -0.1) is 0 Å². The molecule has 59 heavy (non-hydrogen) atoms. The Balaban J connectivity index is 1.19. The SMILES string of the molecule is c1ccc(-c2cc(-c3ccc4c5c(cccc35)-c3ccccc3C4(c3ccccc3)c3ccccc3)cc(-c3c4ccccc4cc4c3ccc3ccccc34)c2)cc1. The molecule has 12 rings (SSSR count). The molecule has 0 heterocycles. The van der Waals surface area contributed by atoms with Gasteiger partial charge in [-0.1, -0.05) is 206 Å². The normalized spacial score (nSPS) is 12.9. The molecule has 0 unspecified atom stereocenters. The Labute approximate surface area is 344 Å². The largest absolute Gasteiger partial charge is 0.0713 e. The zero-order chi connectivity index (χ0) is 38.9. The lowest BCUT2D eigenvalue weighted by Crippen LogP contribution is -2.33. The van der Waals surface area contributed by atoms with E-state index < -0.39 is 5.41 Å². The van der Waals surface area contributed by atoms with Crippen LogP contribution in [0.5, 0.6) is 0 Å². The van der Waals surface area contributed by atoms with E-state index >= 15 is 0 Å². The van der Waals surface area contributed by atoms with Crippen LogP contribution in [0.1, 0.15) is 22.3 Å². The molecule has 0 saturated carbocycles. The molecule has 0 radical (unpaired) electrons. The Morgan fingerprint density at radius 3 is 1.63 bits per heavy atom. The second-order valence-electron chi connectivity index (χ2n) is 15.9. The minimum absolute atomic E-state index is 0.508. The molecule has 0 aromatic heterocycles. The summed E-state index contributed by atoms with van der Waals surface area (Å²) in [5.74, 6) is 0. The number of benzene rings is 11. The van der Waals surface area contributed by atoms with Crippen molar-refractivity contribution < 1.29 is 0 Å². The summed E-state index contributed by atoms with van der Waals surface area (Å²) < 4.78 is 0. The number of hydrogen-bond donors (Lipinski definition) is 0. The van der Waals surface area contributed by atoms with E-state index in [0.717, 1.165) is 0 Å². The van der Waals surface area contributed by atoms with Gasteiger partial charge in [0.05, 0.1) is 5.41 Å². The van der Waals surface area contributed by atoms with Crippen molar-refractivity contribution in [1.82, 2.24) is 0 Å². The van der Waals surface area contributed by atoms with Crippen molar-refractivity contribution >= 4 is 43.1 Å². The van der Waals surface area contributed by atoms with Crippen molar-refractivity contribution in [2.24, 2.45) is 0 Å². The Kier molecular flexibility index (Phi) is 7.55. The summed E-state index contributed by atoms with van der Waals surface area (Å²) in [6, 6.07) is 85.9. The van der Waals surface area contributed by atoms with Gasteiger partial charge < -0.3 is 0 Å². The molecule has 1 aliphatic carbocycles. The Morgan fingerprint density at radius 1 is 0.254 bits per heavy atom. The van der Waals surface area contributed by atoms with Crippen LogP contribution in [-0.2, 0) is 5.41 Å². The molecule has 0 saturated heterocycles. The average molecular weight is 747 g/mol. The van der Waals surface area contributed by atoms with Gasteiger partial charge in [0.2, 0.25) is 0 Å². The van der Waals surface area contributed by atoms with Crippen molar-refractivity contribution in [2.75, 3.05) is 0 Å². The van der Waals surface area contributed by atoms with Crippen molar-refractivity contribution in [2.45, 2.75) is 5.41 Å². The van der Waals surface area contributed by atoms with Gasteiger partial charge in [0.25, 0.3) is 0 Å². The molecule has 274 valence electrons. The Hall–Kier alpha value is -7.54. The summed E-state index contributed by atoms with van der Waals surface area (Å²) in [5, 5.41) is 10.2. The first kappa shape index (κ1) is 33.6. The molecule has 0 atom stereocenters. The topological polar surface area (TPSA) is 0 Å². The highest BCUT2D eigenvalue weighted by molar-refractivity contribution is 6.20. The van der Waals surface area contributed by atoms with Gasteiger partial charge in [0.15, 0.2) is 0 Å². The lowest BCUT2D eigenvalue weighted by Gasteiger charge is -2.42. The van der Waals surface area contributed by atoms with Gasteiger partial charge >= 0.3 is 0 Å². The summed E-state index contributed by atoms with van der Waals surface area (Å²) in [6.45, 7) is 0. The zero-order valence-electron chi connectivity index (χ0n) is 32.4. The summed E-state index contributed by atoms with van der Waals surface area (Å²) in [7, 11) is 0. The van der Waals surface area contributed by atoms with Gasteiger partial charge in [-0.3, -0.25) is 0 Å². The first-order valence-corrected chi connectivity index (χ1v) is 20.6. The van der Waals surface area contributed by atoms with E-state index in [1.54, 1.807) is 0 Å². The third-order valence-corrected chi connectivity index (χ3v) is 12.9. The highest BCUT2D eigenvalue weighted by Gasteiger charge is 2.44. The molecule has 11 aromatic rings. The third-order valence-electron chi connectivity index (χ3n) is 12.9. The molecule has 0 nitrogen and oxygen atoms in total. The van der Waals surface area contributed by atoms with E-state index in [2.05, 4.69) is 231 Å². The van der Waals surface area contributed by atoms with Crippen LogP contribution in [0.3, 0.4) is 0 Å². The number of hydrogen-bond acceptors (Lipinski definition) is 0.